The number of hydrogen-bond acceptors (Lipinski definition) is 2. The number of aryl methyl sites for hydroxylation is 1. The maximum atomic E-state index is 11.5. The molecule has 2 aliphatic rings. The van der Waals surface area contributed by atoms with Crippen LogP contribution < -0.4 is 10.6 Å². The third kappa shape index (κ3) is 2.59. The quantitative estimate of drug-likeness (QED) is 0.884. The minimum absolute atomic E-state index is 0.140. The van der Waals surface area contributed by atoms with Crippen LogP contribution >= 0.6 is 0 Å². The maximum absolute atomic E-state index is 11.5. The summed E-state index contributed by atoms with van der Waals surface area (Å²) >= 11 is 0. The van der Waals surface area contributed by atoms with Crippen LogP contribution in [0.3, 0.4) is 0 Å². The topological polar surface area (TPSA) is 41.1 Å². The molecule has 1 atom stereocenters. The lowest BCUT2D eigenvalue weighted by Gasteiger charge is -2.37. The molecule has 0 radical (unpaired) electrons. The maximum Gasteiger partial charge on any atom is 0.224 e. The van der Waals surface area contributed by atoms with Gasteiger partial charge in [0, 0.05) is 18.2 Å². The van der Waals surface area contributed by atoms with E-state index in [1.807, 2.05) is 0 Å². The molecule has 0 aromatic heterocycles. The molecule has 114 valence electrons. The molecule has 0 saturated heterocycles. The number of carbonyl (C=O) groups excluding carboxylic acids is 1. The summed E-state index contributed by atoms with van der Waals surface area (Å²) in [5, 5.41) is 6.56. The molecule has 1 unspecified atom stereocenters. The van der Waals surface area contributed by atoms with E-state index < -0.39 is 0 Å². The van der Waals surface area contributed by atoms with Gasteiger partial charge in [0.15, 0.2) is 0 Å². The SMILES string of the molecule is CCC1(C(NC)c2ccc3c(c2)CCC(=O)N3)CCCC1. The van der Waals surface area contributed by atoms with Gasteiger partial charge in [0.05, 0.1) is 0 Å². The van der Waals surface area contributed by atoms with Crippen molar-refractivity contribution in [1.82, 2.24) is 5.32 Å². The number of nitrogens with one attached hydrogen (secondary N) is 2. The molecule has 0 bridgehead atoms. The van der Waals surface area contributed by atoms with E-state index in [9.17, 15) is 4.79 Å². The first-order valence-corrected chi connectivity index (χ1v) is 8.28. The third-order valence-corrected chi connectivity index (χ3v) is 5.56. The minimum atomic E-state index is 0.140. The lowest BCUT2D eigenvalue weighted by atomic mass is 9.73. The summed E-state index contributed by atoms with van der Waals surface area (Å²) < 4.78 is 0. The minimum Gasteiger partial charge on any atom is -0.326 e. The van der Waals surface area contributed by atoms with E-state index in [1.165, 1.54) is 43.2 Å². The van der Waals surface area contributed by atoms with E-state index in [2.05, 4.69) is 42.8 Å². The van der Waals surface area contributed by atoms with Crippen molar-refractivity contribution in [2.24, 2.45) is 5.41 Å². The molecule has 3 rings (SSSR count). The molecule has 3 nitrogen and oxygen atoms in total. The molecule has 1 aromatic carbocycles. The van der Waals surface area contributed by atoms with Crippen LogP contribution in [0, 0.1) is 5.41 Å². The fraction of sp³-hybridized carbons (Fsp3) is 0.611. The van der Waals surface area contributed by atoms with Crippen molar-refractivity contribution in [3.63, 3.8) is 0 Å². The van der Waals surface area contributed by atoms with Gasteiger partial charge in [-0.25, -0.2) is 0 Å². The Morgan fingerprint density at radius 3 is 2.71 bits per heavy atom. The molecule has 3 heteroatoms. The average Bonchev–Trinajstić information content (AvgIpc) is 2.98. The molecule has 0 spiro atoms. The highest BCUT2D eigenvalue weighted by Gasteiger charge is 2.39. The first-order valence-electron chi connectivity index (χ1n) is 8.28. The summed E-state index contributed by atoms with van der Waals surface area (Å²) in [6, 6.07) is 7.02. The zero-order valence-corrected chi connectivity index (χ0v) is 13.2. The second kappa shape index (κ2) is 5.80. The number of rotatable bonds is 4. The Hall–Kier alpha value is -1.35. The summed E-state index contributed by atoms with van der Waals surface area (Å²) in [6.45, 7) is 2.33. The number of hydrogen-bond donors (Lipinski definition) is 2. The van der Waals surface area contributed by atoms with E-state index >= 15 is 0 Å². The van der Waals surface area contributed by atoms with Gasteiger partial charge < -0.3 is 10.6 Å². The smallest absolute Gasteiger partial charge is 0.224 e. The highest BCUT2D eigenvalue weighted by molar-refractivity contribution is 5.93. The van der Waals surface area contributed by atoms with E-state index in [0.717, 1.165) is 12.1 Å². The van der Waals surface area contributed by atoms with Crippen molar-refractivity contribution in [3.8, 4) is 0 Å². The Balaban J connectivity index is 1.92. The number of benzene rings is 1. The van der Waals surface area contributed by atoms with Crippen molar-refractivity contribution in [1.29, 1.82) is 0 Å². The highest BCUT2D eigenvalue weighted by atomic mass is 16.1. The van der Waals surface area contributed by atoms with Crippen molar-refractivity contribution < 1.29 is 4.79 Å². The van der Waals surface area contributed by atoms with E-state index in [1.54, 1.807) is 0 Å². The van der Waals surface area contributed by atoms with Crippen LogP contribution in [0.2, 0.25) is 0 Å². The molecule has 2 N–H and O–H groups in total. The Morgan fingerprint density at radius 1 is 1.29 bits per heavy atom. The van der Waals surface area contributed by atoms with Gasteiger partial charge in [-0.3, -0.25) is 4.79 Å². The van der Waals surface area contributed by atoms with Gasteiger partial charge in [-0.1, -0.05) is 31.9 Å². The van der Waals surface area contributed by atoms with Crippen LogP contribution in [0.5, 0.6) is 0 Å². The van der Waals surface area contributed by atoms with Crippen LogP contribution in [0.4, 0.5) is 5.69 Å². The summed E-state index contributed by atoms with van der Waals surface area (Å²) in [7, 11) is 2.08. The number of anilines is 1. The Kier molecular flexibility index (Phi) is 4.03. The normalized spacial score (nSPS) is 21.7. The zero-order valence-electron chi connectivity index (χ0n) is 13.2. The fourth-order valence-corrected chi connectivity index (χ4v) is 4.33. The standard InChI is InChI=1S/C18H26N2O/c1-3-18(10-4-5-11-18)17(19-2)14-6-8-15-13(12-14)7-9-16(21)20-15/h6,8,12,17,19H,3-5,7,9-11H2,1-2H3,(H,20,21). The second-order valence-electron chi connectivity index (χ2n) is 6.61. The molecule has 1 amide bonds. The van der Waals surface area contributed by atoms with E-state index in [4.69, 9.17) is 0 Å². The van der Waals surface area contributed by atoms with Gasteiger partial charge in [0.1, 0.15) is 0 Å². The van der Waals surface area contributed by atoms with Gasteiger partial charge in [0.2, 0.25) is 5.91 Å². The van der Waals surface area contributed by atoms with Crippen molar-refractivity contribution in [2.45, 2.75) is 57.9 Å². The van der Waals surface area contributed by atoms with Gasteiger partial charge >= 0.3 is 0 Å². The van der Waals surface area contributed by atoms with Crippen LogP contribution in [-0.2, 0) is 11.2 Å². The molecule has 1 fully saturated rings. The third-order valence-electron chi connectivity index (χ3n) is 5.56. The summed E-state index contributed by atoms with van der Waals surface area (Å²) in [5.41, 5.74) is 4.08. The van der Waals surface area contributed by atoms with Gasteiger partial charge in [-0.05, 0) is 55.3 Å². The highest BCUT2D eigenvalue weighted by Crippen LogP contribution is 2.50. The first kappa shape index (κ1) is 14.6. The van der Waals surface area contributed by atoms with Crippen molar-refractivity contribution in [3.05, 3.63) is 29.3 Å². The largest absolute Gasteiger partial charge is 0.326 e. The second-order valence-corrected chi connectivity index (χ2v) is 6.61. The Labute approximate surface area is 127 Å². The Bertz CT molecular complexity index is 532. The predicted molar refractivity (Wildman–Crippen MR) is 86.4 cm³/mol. The fourth-order valence-electron chi connectivity index (χ4n) is 4.33. The summed E-state index contributed by atoms with van der Waals surface area (Å²) in [4.78, 5) is 11.5. The van der Waals surface area contributed by atoms with Crippen molar-refractivity contribution in [2.75, 3.05) is 12.4 Å². The molecule has 1 aliphatic carbocycles. The molecule has 1 heterocycles. The zero-order chi connectivity index (χ0) is 14.9. The average molecular weight is 286 g/mol. The lowest BCUT2D eigenvalue weighted by molar-refractivity contribution is -0.116. The number of carbonyl (C=O) groups is 1. The molecular formula is C18H26N2O. The van der Waals surface area contributed by atoms with Gasteiger partial charge in [-0.15, -0.1) is 0 Å². The Morgan fingerprint density at radius 2 is 2.05 bits per heavy atom. The molecule has 1 aromatic rings. The number of amides is 1. The molecule has 21 heavy (non-hydrogen) atoms. The summed E-state index contributed by atoms with van der Waals surface area (Å²) in [6.07, 6.45) is 8.06. The van der Waals surface area contributed by atoms with Crippen LogP contribution in [0.15, 0.2) is 18.2 Å². The molecule has 1 saturated carbocycles. The predicted octanol–water partition coefficient (Wildman–Crippen LogP) is 3.80. The van der Waals surface area contributed by atoms with Crippen LogP contribution in [0.25, 0.3) is 0 Å². The van der Waals surface area contributed by atoms with E-state index in [-0.39, 0.29) is 5.91 Å². The monoisotopic (exact) mass is 286 g/mol. The van der Waals surface area contributed by atoms with Crippen molar-refractivity contribution >= 4 is 11.6 Å². The number of fused-ring (bicyclic) bond motifs is 1. The van der Waals surface area contributed by atoms with Crippen LogP contribution in [0.1, 0.15) is 62.6 Å². The molecular weight excluding hydrogens is 260 g/mol. The van der Waals surface area contributed by atoms with E-state index in [0.29, 0.717) is 17.9 Å². The summed E-state index contributed by atoms with van der Waals surface area (Å²) in [5.74, 6) is 0.140. The van der Waals surface area contributed by atoms with Gasteiger partial charge in [-0.2, -0.15) is 0 Å². The lowest BCUT2D eigenvalue weighted by Crippen LogP contribution is -2.34. The van der Waals surface area contributed by atoms with Crippen LogP contribution in [-0.4, -0.2) is 13.0 Å². The van der Waals surface area contributed by atoms with Gasteiger partial charge in [0.25, 0.3) is 0 Å². The molecule has 1 aliphatic heterocycles. The first-order chi connectivity index (χ1) is 10.2.